The normalized spacial score (nSPS) is 16.6. The molecule has 0 spiro atoms. The van der Waals surface area contributed by atoms with Gasteiger partial charge in [0, 0.05) is 97.6 Å². The van der Waals surface area contributed by atoms with Crippen LogP contribution >= 0.6 is 22.7 Å². The summed E-state index contributed by atoms with van der Waals surface area (Å²) in [4.78, 5) is 7.75. The van der Waals surface area contributed by atoms with Gasteiger partial charge >= 0.3 is 0 Å². The average molecular weight is 1050 g/mol. The number of fused-ring (bicyclic) bond motifs is 14. The molecule has 0 radical (unpaired) electrons. The fourth-order valence-electron chi connectivity index (χ4n) is 12.9. The maximum absolute atomic E-state index is 7.18. The van der Waals surface area contributed by atoms with Crippen LogP contribution in [0.3, 0.4) is 0 Å². The molecule has 8 heteroatoms. The Bertz CT molecular complexity index is 4960. The van der Waals surface area contributed by atoms with Crippen molar-refractivity contribution in [2.24, 2.45) is 11.7 Å². The zero-order chi connectivity index (χ0) is 52.5. The van der Waals surface area contributed by atoms with E-state index in [1.165, 1.54) is 89.3 Å². The predicted octanol–water partition coefficient (Wildman–Crippen LogP) is 16.2. The largest absolute Gasteiger partial charge is 0.360 e. The van der Waals surface area contributed by atoms with Crippen LogP contribution in [0.5, 0.6) is 0 Å². The number of likely N-dealkylation sites (N-methyl/N-ethyl adjacent to an activating group) is 1. The Balaban J connectivity index is 0.883. The molecule has 6 heterocycles. The summed E-state index contributed by atoms with van der Waals surface area (Å²) in [6, 6.07) is 77.1. The number of aromatic nitrogens is 3. The summed E-state index contributed by atoms with van der Waals surface area (Å²) in [5, 5.41) is 15.5. The molecule has 0 amide bonds. The third-order valence-corrected chi connectivity index (χ3v) is 19.3. The van der Waals surface area contributed by atoms with Crippen molar-refractivity contribution in [2.75, 3.05) is 7.05 Å². The first kappa shape index (κ1) is 46.2. The van der Waals surface area contributed by atoms with Gasteiger partial charge in [-0.2, -0.15) is 0 Å². The van der Waals surface area contributed by atoms with Crippen molar-refractivity contribution in [3.05, 3.63) is 252 Å². The van der Waals surface area contributed by atoms with Crippen molar-refractivity contribution >= 4 is 114 Å². The molecule has 0 saturated heterocycles. The molecular formula is C71H52N6S2. The van der Waals surface area contributed by atoms with Crippen molar-refractivity contribution in [1.82, 2.24) is 24.3 Å². The maximum atomic E-state index is 7.18. The molecule has 0 fully saturated rings. The monoisotopic (exact) mass is 1050 g/mol. The second-order valence-corrected chi connectivity index (χ2v) is 23.6. The minimum Gasteiger partial charge on any atom is -0.360 e. The van der Waals surface area contributed by atoms with Crippen LogP contribution in [-0.4, -0.2) is 26.1 Å². The summed E-state index contributed by atoms with van der Waals surface area (Å²) in [6.07, 6.45) is 9.99. The number of hydrogen-bond acceptors (Lipinski definition) is 6. The van der Waals surface area contributed by atoms with Crippen LogP contribution in [0.2, 0.25) is 0 Å². The van der Waals surface area contributed by atoms with Gasteiger partial charge in [0.1, 0.15) is 5.66 Å². The highest BCUT2D eigenvalue weighted by molar-refractivity contribution is 7.27. The first-order valence-corrected chi connectivity index (χ1v) is 28.8. The van der Waals surface area contributed by atoms with Crippen molar-refractivity contribution < 1.29 is 0 Å². The van der Waals surface area contributed by atoms with Crippen LogP contribution < -0.4 is 21.6 Å². The van der Waals surface area contributed by atoms with Crippen LogP contribution in [-0.2, 0) is 5.66 Å². The Morgan fingerprint density at radius 3 is 1.85 bits per heavy atom. The van der Waals surface area contributed by atoms with E-state index in [1.807, 2.05) is 28.7 Å². The number of nitrogens with zero attached hydrogens (tertiary/aromatic N) is 4. The lowest BCUT2D eigenvalue weighted by Crippen LogP contribution is -2.60. The second kappa shape index (κ2) is 17.8. The van der Waals surface area contributed by atoms with Crippen LogP contribution in [0.25, 0.3) is 125 Å². The van der Waals surface area contributed by atoms with E-state index in [0.29, 0.717) is 5.92 Å². The quantitative estimate of drug-likeness (QED) is 0.141. The highest BCUT2D eigenvalue weighted by Gasteiger charge is 2.45. The Morgan fingerprint density at radius 1 is 0.582 bits per heavy atom. The Kier molecular flexibility index (Phi) is 10.4. The number of pyridine rings is 1. The topological polar surface area (TPSA) is 64.0 Å². The Morgan fingerprint density at radius 2 is 1.15 bits per heavy atom. The molecular weight excluding hydrogens is 1000 g/mol. The fourth-order valence-corrected chi connectivity index (χ4v) is 15.4. The summed E-state index contributed by atoms with van der Waals surface area (Å²) < 4.78 is 10.0. The number of thiophene rings is 2. The lowest BCUT2D eigenvalue weighted by molar-refractivity contribution is 0.0811. The number of hydrogen-bond donors (Lipinski definition) is 2. The smallest absolute Gasteiger partial charge is 0.140 e. The van der Waals surface area contributed by atoms with Crippen LogP contribution in [0.1, 0.15) is 36.2 Å². The molecule has 378 valence electrons. The van der Waals surface area contributed by atoms with Gasteiger partial charge in [-0.15, -0.1) is 22.7 Å². The standard InChI is InChI=1S/C71H52N6S2/c1-43-27-34-62-56(37-43)53-31-33-54-57-38-45(28-35-63(57)78-69(54)67(53)77(62)50-23-13-6-14-24-50)47-40-59(60-41-71(74-60,48-19-9-4-10-20-48)75(2)70(72)44-17-7-3-8-18-44)65(73-42-47)46-29-36-64-58(39-46)55-32-30-52-51-25-15-16-26-61(51)76(66(52)68(55)79-64)49-21-11-5-12-22-49/h3-26,28-43,70,74H,27,72H2,1-2H3. The molecule has 1 aliphatic carbocycles. The highest BCUT2D eigenvalue weighted by atomic mass is 32.1. The molecule has 0 saturated carbocycles. The number of para-hydroxylation sites is 3. The van der Waals surface area contributed by atoms with Crippen molar-refractivity contribution in [3.63, 3.8) is 0 Å². The van der Waals surface area contributed by atoms with E-state index in [9.17, 15) is 0 Å². The minimum atomic E-state index is -0.695. The number of nitrogens with one attached hydrogen (secondary N) is 1. The molecule has 2 aliphatic rings. The molecule has 9 aromatic carbocycles. The molecule has 3 unspecified atom stereocenters. The number of nitrogens with two attached hydrogens (primary N) is 1. The fraction of sp³-hybridized carbons (Fsp3) is 0.0845. The Labute approximate surface area is 464 Å². The molecule has 3 atom stereocenters. The SMILES string of the molecule is CC1C=c2c(n(-c3ccccc3)c3c2ccc2c4cc(-c5cnc(-c6ccc7sc8c(ccc9c%10ccccc%10n(-c%10ccccc%10)c98)c7c6)c(C6=CC(c7ccccc7)(N(C)C(N)c7ccccc7)N6)c5)ccc4sc23)=CC1. The van der Waals surface area contributed by atoms with Gasteiger partial charge in [-0.05, 0) is 103 Å². The van der Waals surface area contributed by atoms with E-state index < -0.39 is 5.66 Å². The zero-order valence-corrected chi connectivity index (χ0v) is 45.2. The van der Waals surface area contributed by atoms with Crippen molar-refractivity contribution in [3.8, 4) is 33.8 Å². The zero-order valence-electron chi connectivity index (χ0n) is 43.6. The van der Waals surface area contributed by atoms with Gasteiger partial charge in [0.2, 0.25) is 0 Å². The van der Waals surface area contributed by atoms with Crippen LogP contribution in [0.4, 0.5) is 0 Å². The van der Waals surface area contributed by atoms with Gasteiger partial charge < -0.3 is 20.2 Å². The second-order valence-electron chi connectivity index (χ2n) is 21.4. The van der Waals surface area contributed by atoms with Gasteiger partial charge in [0.25, 0.3) is 0 Å². The van der Waals surface area contributed by atoms with Crippen LogP contribution in [0, 0.1) is 5.92 Å². The maximum Gasteiger partial charge on any atom is 0.140 e. The van der Waals surface area contributed by atoms with Gasteiger partial charge in [-0.3, -0.25) is 9.88 Å². The van der Waals surface area contributed by atoms with Gasteiger partial charge in [-0.1, -0.05) is 171 Å². The summed E-state index contributed by atoms with van der Waals surface area (Å²) in [5.74, 6) is 0.492. The van der Waals surface area contributed by atoms with E-state index in [-0.39, 0.29) is 6.17 Å². The predicted molar refractivity (Wildman–Crippen MR) is 334 cm³/mol. The molecule has 14 aromatic rings. The van der Waals surface area contributed by atoms with E-state index in [1.54, 1.807) is 0 Å². The van der Waals surface area contributed by atoms with Crippen molar-refractivity contribution in [1.29, 1.82) is 0 Å². The molecule has 79 heavy (non-hydrogen) atoms. The summed E-state index contributed by atoms with van der Waals surface area (Å²) in [5.41, 5.74) is 20.9. The summed E-state index contributed by atoms with van der Waals surface area (Å²) in [7, 11) is 2.11. The summed E-state index contributed by atoms with van der Waals surface area (Å²) in [6.45, 7) is 2.32. The first-order chi connectivity index (χ1) is 38.9. The first-order valence-electron chi connectivity index (χ1n) is 27.2. The minimum absolute atomic E-state index is 0.383. The lowest BCUT2D eigenvalue weighted by atomic mass is 9.85. The van der Waals surface area contributed by atoms with Gasteiger partial charge in [0.05, 0.1) is 37.8 Å². The number of benzene rings is 9. The number of rotatable bonds is 9. The average Bonchev–Trinajstić information content (AvgIpc) is 3.99. The van der Waals surface area contributed by atoms with Gasteiger partial charge in [-0.25, -0.2) is 0 Å². The van der Waals surface area contributed by atoms with E-state index >= 15 is 0 Å². The molecule has 0 bridgehead atoms. The molecule has 16 rings (SSSR count). The summed E-state index contributed by atoms with van der Waals surface area (Å²) >= 11 is 3.76. The third kappa shape index (κ3) is 7.05. The molecule has 5 aromatic heterocycles. The third-order valence-electron chi connectivity index (χ3n) is 16.9. The van der Waals surface area contributed by atoms with E-state index in [4.69, 9.17) is 10.7 Å². The Hall–Kier alpha value is -8.89. The van der Waals surface area contributed by atoms with E-state index in [2.05, 4.69) is 264 Å². The highest BCUT2D eigenvalue weighted by Crippen LogP contribution is 2.48. The molecule has 6 nitrogen and oxygen atoms in total. The van der Waals surface area contributed by atoms with Crippen LogP contribution in [0.15, 0.2) is 225 Å². The lowest BCUT2D eigenvalue weighted by Gasteiger charge is -2.50. The molecule has 3 N–H and O–H groups in total. The molecule has 1 aliphatic heterocycles. The van der Waals surface area contributed by atoms with E-state index in [0.717, 1.165) is 56.9 Å². The van der Waals surface area contributed by atoms with Crippen molar-refractivity contribution in [2.45, 2.75) is 25.2 Å². The van der Waals surface area contributed by atoms with Gasteiger partial charge in [0.15, 0.2) is 0 Å².